The molecule has 2 aromatic rings. The topological polar surface area (TPSA) is 41.3 Å². The molecular formula is C17H23N3O. The van der Waals surface area contributed by atoms with E-state index in [2.05, 4.69) is 47.4 Å². The number of nitrogens with zero attached hydrogens (tertiary/aromatic N) is 2. The van der Waals surface area contributed by atoms with E-state index in [9.17, 15) is 0 Å². The summed E-state index contributed by atoms with van der Waals surface area (Å²) >= 11 is 0. The van der Waals surface area contributed by atoms with Crippen molar-refractivity contribution in [2.45, 2.75) is 25.8 Å². The Hall–Kier alpha value is -1.81. The summed E-state index contributed by atoms with van der Waals surface area (Å²) in [6.45, 7) is 4.69. The Morgan fingerprint density at radius 1 is 1.43 bits per heavy atom. The first-order chi connectivity index (χ1) is 10.2. The van der Waals surface area contributed by atoms with Gasteiger partial charge in [0.1, 0.15) is 0 Å². The van der Waals surface area contributed by atoms with Crippen molar-refractivity contribution in [1.29, 1.82) is 0 Å². The molecule has 21 heavy (non-hydrogen) atoms. The minimum absolute atomic E-state index is 0.470. The highest BCUT2D eigenvalue weighted by molar-refractivity contribution is 5.63. The normalized spacial score (nSPS) is 21.1. The molecule has 1 aromatic heterocycles. The maximum absolute atomic E-state index is 5.36. The average Bonchev–Trinajstić information content (AvgIpc) is 3.02. The van der Waals surface area contributed by atoms with Crippen molar-refractivity contribution < 1.29 is 4.42 Å². The molecular weight excluding hydrogens is 262 g/mol. The quantitative estimate of drug-likeness (QED) is 0.933. The van der Waals surface area contributed by atoms with Crippen LogP contribution in [0.2, 0.25) is 0 Å². The number of hydrogen-bond donors (Lipinski definition) is 1. The van der Waals surface area contributed by atoms with Gasteiger partial charge in [-0.1, -0.05) is 12.1 Å². The molecule has 0 bridgehead atoms. The highest BCUT2D eigenvalue weighted by atomic mass is 16.3. The molecule has 0 radical (unpaired) electrons. The van der Waals surface area contributed by atoms with Crippen LogP contribution in [0, 0.1) is 5.92 Å². The third-order valence-electron chi connectivity index (χ3n) is 4.34. The lowest BCUT2D eigenvalue weighted by atomic mass is 9.91. The van der Waals surface area contributed by atoms with Gasteiger partial charge in [-0.2, -0.15) is 0 Å². The Labute approximate surface area is 126 Å². The number of anilines is 1. The molecule has 0 saturated carbocycles. The Kier molecular flexibility index (Phi) is 4.25. The Morgan fingerprint density at radius 3 is 3.10 bits per heavy atom. The van der Waals surface area contributed by atoms with Crippen molar-refractivity contribution in [3.63, 3.8) is 0 Å². The molecule has 0 aliphatic carbocycles. The summed E-state index contributed by atoms with van der Waals surface area (Å²) in [5, 5.41) is 3.65. The first-order valence-electron chi connectivity index (χ1n) is 7.66. The van der Waals surface area contributed by atoms with Crippen LogP contribution in [0.1, 0.15) is 19.8 Å². The standard InChI is InChI=1S/C17H23N3O/c1-13(15-6-4-8-20(2)11-15)19-16-7-3-5-14(9-16)17-10-18-12-21-17/h3,5,7,9-10,12-13,15,19H,4,6,8,11H2,1-2H3. The molecule has 1 aliphatic heterocycles. The third-order valence-corrected chi connectivity index (χ3v) is 4.34. The summed E-state index contributed by atoms with van der Waals surface area (Å²) < 4.78 is 5.36. The summed E-state index contributed by atoms with van der Waals surface area (Å²) in [6.07, 6.45) is 5.82. The van der Waals surface area contributed by atoms with Gasteiger partial charge in [0.25, 0.3) is 0 Å². The van der Waals surface area contributed by atoms with Crippen LogP contribution in [-0.2, 0) is 0 Å². The number of nitrogens with one attached hydrogen (secondary N) is 1. The molecule has 3 rings (SSSR count). The van der Waals surface area contributed by atoms with Crippen LogP contribution in [0.3, 0.4) is 0 Å². The van der Waals surface area contributed by atoms with Gasteiger partial charge in [-0.15, -0.1) is 0 Å². The fourth-order valence-corrected chi connectivity index (χ4v) is 3.12. The Morgan fingerprint density at radius 2 is 2.33 bits per heavy atom. The van der Waals surface area contributed by atoms with Gasteiger partial charge in [-0.05, 0) is 51.4 Å². The second kappa shape index (κ2) is 6.31. The number of likely N-dealkylation sites (tertiary alicyclic amines) is 1. The number of aromatic nitrogens is 1. The minimum Gasteiger partial charge on any atom is -0.444 e. The summed E-state index contributed by atoms with van der Waals surface area (Å²) in [5.74, 6) is 1.52. The van der Waals surface area contributed by atoms with Crippen LogP contribution in [0.4, 0.5) is 5.69 Å². The van der Waals surface area contributed by atoms with Crippen molar-refractivity contribution >= 4 is 5.69 Å². The molecule has 2 heterocycles. The minimum atomic E-state index is 0.470. The van der Waals surface area contributed by atoms with Crippen LogP contribution in [-0.4, -0.2) is 36.1 Å². The van der Waals surface area contributed by atoms with Crippen LogP contribution in [0.5, 0.6) is 0 Å². The van der Waals surface area contributed by atoms with Crippen molar-refractivity contribution in [2.75, 3.05) is 25.5 Å². The number of rotatable bonds is 4. The highest BCUT2D eigenvalue weighted by Gasteiger charge is 2.22. The van der Waals surface area contributed by atoms with E-state index in [0.29, 0.717) is 12.0 Å². The van der Waals surface area contributed by atoms with Gasteiger partial charge in [0.2, 0.25) is 0 Å². The molecule has 1 aliphatic rings. The number of hydrogen-bond acceptors (Lipinski definition) is 4. The van der Waals surface area contributed by atoms with Crippen molar-refractivity contribution in [3.05, 3.63) is 36.9 Å². The fraction of sp³-hybridized carbons (Fsp3) is 0.471. The van der Waals surface area contributed by atoms with Crippen LogP contribution in [0.25, 0.3) is 11.3 Å². The molecule has 4 nitrogen and oxygen atoms in total. The predicted molar refractivity (Wildman–Crippen MR) is 85.2 cm³/mol. The summed E-state index contributed by atoms with van der Waals surface area (Å²) in [5.41, 5.74) is 2.20. The molecule has 0 amide bonds. The lowest BCUT2D eigenvalue weighted by molar-refractivity contribution is 0.197. The molecule has 0 spiro atoms. The monoisotopic (exact) mass is 285 g/mol. The van der Waals surface area contributed by atoms with Gasteiger partial charge >= 0.3 is 0 Å². The smallest absolute Gasteiger partial charge is 0.181 e. The van der Waals surface area contributed by atoms with Crippen molar-refractivity contribution in [2.24, 2.45) is 5.92 Å². The SMILES string of the molecule is CC(Nc1cccc(-c2cnco2)c1)C1CCCN(C)C1. The average molecular weight is 285 g/mol. The largest absolute Gasteiger partial charge is 0.444 e. The first-order valence-corrected chi connectivity index (χ1v) is 7.66. The lowest BCUT2D eigenvalue weighted by Crippen LogP contribution is -2.39. The van der Waals surface area contributed by atoms with E-state index in [1.165, 1.54) is 32.3 Å². The van der Waals surface area contributed by atoms with Crippen LogP contribution >= 0.6 is 0 Å². The second-order valence-corrected chi connectivity index (χ2v) is 6.04. The van der Waals surface area contributed by atoms with Crippen molar-refractivity contribution in [3.8, 4) is 11.3 Å². The fourth-order valence-electron chi connectivity index (χ4n) is 3.12. The molecule has 4 heteroatoms. The van der Waals surface area contributed by atoms with E-state index in [0.717, 1.165) is 17.0 Å². The zero-order valence-electron chi connectivity index (χ0n) is 12.7. The second-order valence-electron chi connectivity index (χ2n) is 6.04. The van der Waals surface area contributed by atoms with Gasteiger partial charge in [-0.25, -0.2) is 4.98 Å². The van der Waals surface area contributed by atoms with E-state index in [1.54, 1.807) is 6.20 Å². The molecule has 1 aromatic carbocycles. The van der Waals surface area contributed by atoms with E-state index in [1.807, 2.05) is 6.07 Å². The van der Waals surface area contributed by atoms with Gasteiger partial charge in [0.15, 0.2) is 12.2 Å². The van der Waals surface area contributed by atoms with E-state index >= 15 is 0 Å². The maximum atomic E-state index is 5.36. The van der Waals surface area contributed by atoms with Gasteiger partial charge in [-0.3, -0.25) is 0 Å². The summed E-state index contributed by atoms with van der Waals surface area (Å²) in [6, 6.07) is 8.81. The lowest BCUT2D eigenvalue weighted by Gasteiger charge is -2.34. The molecule has 1 fully saturated rings. The van der Waals surface area contributed by atoms with E-state index in [-0.39, 0.29) is 0 Å². The summed E-state index contributed by atoms with van der Waals surface area (Å²) in [4.78, 5) is 6.41. The molecule has 1 saturated heterocycles. The Bertz CT molecular complexity index is 567. The van der Waals surface area contributed by atoms with Crippen LogP contribution < -0.4 is 5.32 Å². The van der Waals surface area contributed by atoms with E-state index < -0.39 is 0 Å². The summed E-state index contributed by atoms with van der Waals surface area (Å²) in [7, 11) is 2.21. The van der Waals surface area contributed by atoms with Crippen molar-refractivity contribution in [1.82, 2.24) is 9.88 Å². The zero-order valence-corrected chi connectivity index (χ0v) is 12.7. The van der Waals surface area contributed by atoms with Crippen LogP contribution in [0.15, 0.2) is 41.3 Å². The van der Waals surface area contributed by atoms with E-state index in [4.69, 9.17) is 4.42 Å². The number of benzene rings is 1. The third kappa shape index (κ3) is 3.45. The molecule has 2 unspecified atom stereocenters. The number of piperidine rings is 1. The molecule has 112 valence electrons. The molecule has 1 N–H and O–H groups in total. The highest BCUT2D eigenvalue weighted by Crippen LogP contribution is 2.25. The predicted octanol–water partition coefficient (Wildman–Crippen LogP) is 3.48. The van der Waals surface area contributed by atoms with Gasteiger partial charge < -0.3 is 14.6 Å². The van der Waals surface area contributed by atoms with Gasteiger partial charge in [0, 0.05) is 23.8 Å². The molecule has 2 atom stereocenters. The first kappa shape index (κ1) is 14.1. The number of oxazole rings is 1. The zero-order chi connectivity index (χ0) is 14.7. The maximum Gasteiger partial charge on any atom is 0.181 e. The Balaban J connectivity index is 1.68. The van der Waals surface area contributed by atoms with Gasteiger partial charge in [0.05, 0.1) is 6.20 Å².